The molecular formula is C17H17BrN6O. The third kappa shape index (κ3) is 4.08. The van der Waals surface area contributed by atoms with E-state index >= 15 is 0 Å². The number of nitrogens with one attached hydrogen (secondary N) is 1. The van der Waals surface area contributed by atoms with Gasteiger partial charge in [0.05, 0.1) is 27.4 Å². The number of hydrogen-bond donors (Lipinski definition) is 1. The van der Waals surface area contributed by atoms with Crippen molar-refractivity contribution in [1.29, 1.82) is 0 Å². The van der Waals surface area contributed by atoms with E-state index in [0.717, 1.165) is 5.56 Å². The molecule has 7 nitrogen and oxygen atoms in total. The molecule has 0 saturated heterocycles. The molecule has 25 heavy (non-hydrogen) atoms. The summed E-state index contributed by atoms with van der Waals surface area (Å²) in [5.41, 5.74) is 2.52. The van der Waals surface area contributed by atoms with Crippen LogP contribution < -0.4 is 5.32 Å². The van der Waals surface area contributed by atoms with Crippen LogP contribution in [0.3, 0.4) is 0 Å². The second-order valence-corrected chi connectivity index (χ2v) is 6.70. The summed E-state index contributed by atoms with van der Waals surface area (Å²) in [6.07, 6.45) is 6.65. The first kappa shape index (κ1) is 17.2. The molecule has 0 aromatic carbocycles. The van der Waals surface area contributed by atoms with Crippen molar-refractivity contribution >= 4 is 22.1 Å². The van der Waals surface area contributed by atoms with Crippen molar-refractivity contribution < 1.29 is 4.79 Å². The summed E-state index contributed by atoms with van der Waals surface area (Å²) in [5.74, 6) is 0.911. The summed E-state index contributed by atoms with van der Waals surface area (Å²) in [6.45, 7) is 4.71. The van der Waals surface area contributed by atoms with E-state index in [9.17, 15) is 4.79 Å². The van der Waals surface area contributed by atoms with Crippen LogP contribution in [-0.2, 0) is 0 Å². The summed E-state index contributed by atoms with van der Waals surface area (Å²) < 4.78 is 1.69. The molecule has 0 aliphatic carbocycles. The number of carbonyl (C=O) groups is 1. The zero-order chi connectivity index (χ0) is 17.8. The highest BCUT2D eigenvalue weighted by Crippen LogP contribution is 2.20. The molecule has 0 aliphatic rings. The molecule has 3 heterocycles. The maximum absolute atomic E-state index is 12.2. The average molecular weight is 401 g/mol. The van der Waals surface area contributed by atoms with Crippen molar-refractivity contribution in [2.75, 3.05) is 6.54 Å². The van der Waals surface area contributed by atoms with Gasteiger partial charge in [-0.3, -0.25) is 13.4 Å². The smallest absolute Gasteiger partial charge is 0.252 e. The molecule has 8 heteroatoms. The Bertz CT molecular complexity index is 875. The molecule has 3 rings (SSSR count). The normalized spacial score (nSPS) is 10.9. The van der Waals surface area contributed by atoms with Gasteiger partial charge in [0, 0.05) is 36.9 Å². The average Bonchev–Trinajstić information content (AvgIpc) is 3.06. The number of rotatable bonds is 5. The maximum Gasteiger partial charge on any atom is 0.252 e. The Morgan fingerprint density at radius 2 is 2.00 bits per heavy atom. The third-order valence-corrected chi connectivity index (χ3v) is 4.03. The summed E-state index contributed by atoms with van der Waals surface area (Å²) in [7, 11) is 0. The van der Waals surface area contributed by atoms with Gasteiger partial charge in [0.15, 0.2) is 5.82 Å². The fraction of sp³-hybridized carbons (Fsp3) is 0.235. The highest BCUT2D eigenvalue weighted by Gasteiger charge is 2.11. The maximum atomic E-state index is 12.2. The fourth-order valence-corrected chi connectivity index (χ4v) is 2.55. The van der Waals surface area contributed by atoms with Gasteiger partial charge in [-0.25, -0.2) is 4.98 Å². The van der Waals surface area contributed by atoms with E-state index in [1.54, 1.807) is 34.4 Å². The van der Waals surface area contributed by atoms with Gasteiger partial charge in [-0.15, -0.1) is 10.2 Å². The lowest BCUT2D eigenvalue weighted by Crippen LogP contribution is -2.27. The molecular weight excluding hydrogens is 384 g/mol. The lowest BCUT2D eigenvalue weighted by molar-refractivity contribution is 0.0948. The fourth-order valence-electron chi connectivity index (χ4n) is 2.17. The highest BCUT2D eigenvalue weighted by molar-refractivity contribution is 9.08. The zero-order valence-electron chi connectivity index (χ0n) is 13.8. The van der Waals surface area contributed by atoms with Gasteiger partial charge < -0.3 is 5.32 Å². The Morgan fingerprint density at radius 1 is 1.24 bits per heavy atom. The summed E-state index contributed by atoms with van der Waals surface area (Å²) in [6, 6.07) is 5.42. The number of imidazole rings is 1. The van der Waals surface area contributed by atoms with Crippen LogP contribution in [0.4, 0.5) is 0 Å². The first-order chi connectivity index (χ1) is 12.0. The van der Waals surface area contributed by atoms with Gasteiger partial charge in [0.2, 0.25) is 0 Å². The summed E-state index contributed by atoms with van der Waals surface area (Å²) in [4.78, 5) is 20.5. The number of halogens is 1. The molecule has 0 atom stereocenters. The largest absolute Gasteiger partial charge is 0.352 e. The monoisotopic (exact) mass is 400 g/mol. The SMILES string of the molecule is CC(C)CNC(=O)c1cncc(-c2ccc(-c3nccn3Br)nn2)c1. The minimum atomic E-state index is -0.144. The first-order valence-corrected chi connectivity index (χ1v) is 8.52. The van der Waals surface area contributed by atoms with E-state index in [0.29, 0.717) is 35.2 Å². The molecule has 0 fully saturated rings. The Balaban J connectivity index is 1.81. The van der Waals surface area contributed by atoms with Crippen LogP contribution in [0.1, 0.15) is 24.2 Å². The van der Waals surface area contributed by atoms with Crippen LogP contribution in [0.25, 0.3) is 22.8 Å². The summed E-state index contributed by atoms with van der Waals surface area (Å²) in [5, 5.41) is 11.3. The molecule has 128 valence electrons. The van der Waals surface area contributed by atoms with E-state index in [4.69, 9.17) is 0 Å². The Morgan fingerprint density at radius 3 is 2.64 bits per heavy atom. The summed E-state index contributed by atoms with van der Waals surface area (Å²) >= 11 is 3.35. The topological polar surface area (TPSA) is 85.6 Å². The van der Waals surface area contributed by atoms with Gasteiger partial charge in [0.1, 0.15) is 5.69 Å². The van der Waals surface area contributed by atoms with Crippen LogP contribution >= 0.6 is 16.1 Å². The lowest BCUT2D eigenvalue weighted by Gasteiger charge is -2.08. The van der Waals surface area contributed by atoms with Gasteiger partial charge >= 0.3 is 0 Å². The van der Waals surface area contributed by atoms with Gasteiger partial charge in [-0.1, -0.05) is 13.8 Å². The Kier molecular flexibility index (Phi) is 5.18. The number of pyridine rings is 1. The molecule has 0 saturated carbocycles. The molecule has 0 aliphatic heterocycles. The van der Waals surface area contributed by atoms with Crippen LogP contribution in [0.5, 0.6) is 0 Å². The van der Waals surface area contributed by atoms with Gasteiger partial charge in [0.25, 0.3) is 5.91 Å². The lowest BCUT2D eigenvalue weighted by atomic mass is 10.1. The second-order valence-electron chi connectivity index (χ2n) is 5.93. The minimum absolute atomic E-state index is 0.144. The number of nitrogens with zero attached hydrogens (tertiary/aromatic N) is 5. The Hall–Kier alpha value is -2.61. The molecule has 0 spiro atoms. The standard InChI is InChI=1S/C17H17BrN6O/c1-11(2)8-21-17(25)13-7-12(9-19-10-13)14-3-4-15(23-22-14)16-20-5-6-24(16)18/h3-7,9-11H,8H2,1-2H3,(H,21,25). The van der Waals surface area contributed by atoms with Gasteiger partial charge in [-0.05, 0) is 24.1 Å². The first-order valence-electron chi connectivity index (χ1n) is 7.82. The van der Waals surface area contributed by atoms with Crippen molar-refractivity contribution in [3.8, 4) is 22.8 Å². The molecule has 0 unspecified atom stereocenters. The number of aromatic nitrogens is 5. The number of amides is 1. The van der Waals surface area contributed by atoms with E-state index in [2.05, 4.69) is 41.6 Å². The Labute approximate surface area is 153 Å². The van der Waals surface area contributed by atoms with Crippen LogP contribution in [0.15, 0.2) is 43.0 Å². The molecule has 0 bridgehead atoms. The van der Waals surface area contributed by atoms with Crippen molar-refractivity contribution in [2.24, 2.45) is 5.92 Å². The molecule has 0 radical (unpaired) electrons. The number of carbonyl (C=O) groups excluding carboxylic acids is 1. The van der Waals surface area contributed by atoms with Crippen molar-refractivity contribution in [2.45, 2.75) is 13.8 Å². The molecule has 1 amide bonds. The van der Waals surface area contributed by atoms with Gasteiger partial charge in [-0.2, -0.15) is 0 Å². The molecule has 1 N–H and O–H groups in total. The predicted octanol–water partition coefficient (Wildman–Crippen LogP) is 2.95. The predicted molar refractivity (Wildman–Crippen MR) is 98.0 cm³/mol. The van der Waals surface area contributed by atoms with Crippen molar-refractivity contribution in [1.82, 2.24) is 29.1 Å². The van der Waals surface area contributed by atoms with Crippen molar-refractivity contribution in [3.05, 3.63) is 48.5 Å². The third-order valence-electron chi connectivity index (χ3n) is 3.46. The van der Waals surface area contributed by atoms with E-state index in [1.807, 2.05) is 26.0 Å². The van der Waals surface area contributed by atoms with Crippen molar-refractivity contribution in [3.63, 3.8) is 0 Å². The minimum Gasteiger partial charge on any atom is -0.352 e. The highest BCUT2D eigenvalue weighted by atomic mass is 79.9. The van der Waals surface area contributed by atoms with E-state index in [1.165, 1.54) is 0 Å². The number of hydrogen-bond acceptors (Lipinski definition) is 5. The van der Waals surface area contributed by atoms with E-state index < -0.39 is 0 Å². The van der Waals surface area contributed by atoms with E-state index in [-0.39, 0.29) is 5.91 Å². The second kappa shape index (κ2) is 7.52. The van der Waals surface area contributed by atoms with Crippen LogP contribution in [0.2, 0.25) is 0 Å². The van der Waals surface area contributed by atoms with Crippen LogP contribution in [-0.4, -0.2) is 36.2 Å². The zero-order valence-corrected chi connectivity index (χ0v) is 15.4. The molecule has 3 aromatic heterocycles. The molecule has 3 aromatic rings. The quantitative estimate of drug-likeness (QED) is 0.711. The van der Waals surface area contributed by atoms with Crippen LogP contribution in [0, 0.1) is 5.92 Å².